The first-order chi connectivity index (χ1) is 10.2. The van der Waals surface area contributed by atoms with Crippen molar-refractivity contribution in [1.29, 1.82) is 0 Å². The highest BCUT2D eigenvalue weighted by Gasteiger charge is 2.19. The predicted molar refractivity (Wildman–Crippen MR) is 78.4 cm³/mol. The van der Waals surface area contributed by atoms with E-state index in [2.05, 4.69) is 5.32 Å². The number of carbonyl (C=O) groups excluding carboxylic acids is 1. The third-order valence-corrected chi connectivity index (χ3v) is 3.15. The summed E-state index contributed by atoms with van der Waals surface area (Å²) in [5.74, 6) is -0.473. The molecule has 0 saturated carbocycles. The molecule has 0 spiro atoms. The topological polar surface area (TPSA) is 78.8 Å². The Morgan fingerprint density at radius 2 is 1.90 bits per heavy atom. The maximum absolute atomic E-state index is 12.2. The number of benzene rings is 2. The van der Waals surface area contributed by atoms with Crippen LogP contribution in [0.2, 0.25) is 0 Å². The molecule has 0 radical (unpaired) electrons. The van der Waals surface area contributed by atoms with Crippen LogP contribution < -0.4 is 10.1 Å². The molecule has 2 aromatic carbocycles. The van der Waals surface area contributed by atoms with Gasteiger partial charge in [-0.25, -0.2) is 0 Å². The number of amides is 1. The number of phenols is 1. The van der Waals surface area contributed by atoms with Crippen LogP contribution in [0.25, 0.3) is 0 Å². The first kappa shape index (κ1) is 14.9. The van der Waals surface area contributed by atoms with Gasteiger partial charge in [-0.15, -0.1) is 0 Å². The lowest BCUT2D eigenvalue weighted by molar-refractivity contribution is 0.0913. The molecule has 5 nitrogen and oxygen atoms in total. The van der Waals surface area contributed by atoms with Crippen LogP contribution in [0.5, 0.6) is 11.5 Å². The van der Waals surface area contributed by atoms with Crippen LogP contribution in [0.4, 0.5) is 0 Å². The molecule has 21 heavy (non-hydrogen) atoms. The zero-order valence-corrected chi connectivity index (χ0v) is 11.6. The first-order valence-electron chi connectivity index (χ1n) is 6.50. The number of carbonyl (C=O) groups is 1. The van der Waals surface area contributed by atoms with E-state index < -0.39 is 11.9 Å². The maximum atomic E-state index is 12.2. The molecular weight excluding hydrogens is 270 g/mol. The summed E-state index contributed by atoms with van der Waals surface area (Å²) in [6.45, 7) is -0.236. The Hall–Kier alpha value is -2.53. The van der Waals surface area contributed by atoms with E-state index in [9.17, 15) is 15.0 Å². The molecule has 1 amide bonds. The highest BCUT2D eigenvalue weighted by Crippen LogP contribution is 2.29. The summed E-state index contributed by atoms with van der Waals surface area (Å²) in [6, 6.07) is 13.3. The molecule has 0 aliphatic carbocycles. The Morgan fingerprint density at radius 3 is 2.52 bits per heavy atom. The molecule has 2 rings (SSSR count). The van der Waals surface area contributed by atoms with Crippen molar-refractivity contribution in [3.8, 4) is 11.5 Å². The molecule has 0 aromatic heterocycles. The summed E-state index contributed by atoms with van der Waals surface area (Å²) in [5.41, 5.74) is 0.888. The van der Waals surface area contributed by atoms with E-state index in [-0.39, 0.29) is 23.7 Å². The van der Waals surface area contributed by atoms with Crippen molar-refractivity contribution < 1.29 is 19.7 Å². The zero-order valence-electron chi connectivity index (χ0n) is 11.6. The number of ether oxygens (including phenoxy) is 1. The Balaban J connectivity index is 2.21. The number of aromatic hydroxyl groups is 1. The monoisotopic (exact) mass is 287 g/mol. The number of phenolic OH excluding ortho intramolecular Hbond substituents is 1. The fraction of sp³-hybridized carbons (Fsp3) is 0.188. The second kappa shape index (κ2) is 6.76. The molecule has 0 heterocycles. The number of methoxy groups -OCH3 is 1. The first-order valence-corrected chi connectivity index (χ1v) is 6.50. The summed E-state index contributed by atoms with van der Waals surface area (Å²) >= 11 is 0. The molecule has 1 atom stereocenters. The van der Waals surface area contributed by atoms with Crippen LogP contribution in [0.3, 0.4) is 0 Å². The number of hydrogen-bond donors (Lipinski definition) is 3. The number of hydrogen-bond acceptors (Lipinski definition) is 4. The van der Waals surface area contributed by atoms with Gasteiger partial charge in [0.2, 0.25) is 0 Å². The molecule has 0 aliphatic rings. The van der Waals surface area contributed by atoms with Gasteiger partial charge < -0.3 is 20.3 Å². The van der Waals surface area contributed by atoms with Crippen LogP contribution >= 0.6 is 0 Å². The van der Waals surface area contributed by atoms with Crippen molar-refractivity contribution in [3.05, 3.63) is 59.7 Å². The van der Waals surface area contributed by atoms with Crippen LogP contribution in [-0.4, -0.2) is 29.8 Å². The summed E-state index contributed by atoms with van der Waals surface area (Å²) in [5, 5.41) is 22.1. The van der Waals surface area contributed by atoms with Gasteiger partial charge in [0.05, 0.1) is 25.3 Å². The standard InChI is InChI=1S/C16H17NO4/c1-21-14-9-5-8-12(15(14)19)16(20)17-13(10-18)11-6-3-2-4-7-11/h2-9,13,18-19H,10H2,1H3,(H,17,20)/t13-/m0/s1. The minimum absolute atomic E-state index is 0.101. The van der Waals surface area contributed by atoms with E-state index in [0.29, 0.717) is 0 Å². The SMILES string of the molecule is COc1cccc(C(=O)N[C@@H](CO)c2ccccc2)c1O. The molecular formula is C16H17NO4. The average Bonchev–Trinajstić information content (AvgIpc) is 2.53. The smallest absolute Gasteiger partial charge is 0.255 e. The van der Waals surface area contributed by atoms with Gasteiger partial charge in [-0.2, -0.15) is 0 Å². The van der Waals surface area contributed by atoms with E-state index in [1.54, 1.807) is 12.1 Å². The van der Waals surface area contributed by atoms with Gasteiger partial charge in [-0.05, 0) is 17.7 Å². The van der Waals surface area contributed by atoms with Crippen LogP contribution in [-0.2, 0) is 0 Å². The van der Waals surface area contributed by atoms with Crippen molar-refractivity contribution in [1.82, 2.24) is 5.32 Å². The predicted octanol–water partition coefficient (Wildman–Crippen LogP) is 1.86. The molecule has 2 aromatic rings. The number of aliphatic hydroxyl groups is 1. The quantitative estimate of drug-likeness (QED) is 0.784. The fourth-order valence-electron chi connectivity index (χ4n) is 2.03. The van der Waals surface area contributed by atoms with Gasteiger partial charge in [0.1, 0.15) is 0 Å². The second-order valence-electron chi connectivity index (χ2n) is 4.48. The molecule has 0 bridgehead atoms. The molecule has 110 valence electrons. The molecule has 0 fully saturated rings. The Labute approximate surface area is 122 Å². The van der Waals surface area contributed by atoms with E-state index >= 15 is 0 Å². The minimum atomic E-state index is -0.538. The normalized spacial score (nSPS) is 11.7. The molecule has 0 unspecified atom stereocenters. The third-order valence-electron chi connectivity index (χ3n) is 3.15. The molecule has 3 N–H and O–H groups in total. The lowest BCUT2D eigenvalue weighted by atomic mass is 10.1. The molecule has 0 aliphatic heterocycles. The Morgan fingerprint density at radius 1 is 1.19 bits per heavy atom. The van der Waals surface area contributed by atoms with E-state index in [1.165, 1.54) is 13.2 Å². The van der Waals surface area contributed by atoms with Crippen molar-refractivity contribution in [2.45, 2.75) is 6.04 Å². The van der Waals surface area contributed by atoms with Gasteiger partial charge in [0.25, 0.3) is 5.91 Å². The van der Waals surface area contributed by atoms with Crippen LogP contribution in [0, 0.1) is 0 Å². The minimum Gasteiger partial charge on any atom is -0.504 e. The number of para-hydroxylation sites is 1. The van der Waals surface area contributed by atoms with Gasteiger partial charge in [-0.1, -0.05) is 36.4 Å². The van der Waals surface area contributed by atoms with Gasteiger partial charge in [-0.3, -0.25) is 4.79 Å². The van der Waals surface area contributed by atoms with Crippen molar-refractivity contribution >= 4 is 5.91 Å². The summed E-state index contributed by atoms with van der Waals surface area (Å²) in [6.07, 6.45) is 0. The van der Waals surface area contributed by atoms with E-state index in [1.807, 2.05) is 30.3 Å². The lowest BCUT2D eigenvalue weighted by Gasteiger charge is -2.17. The Bertz CT molecular complexity index is 613. The largest absolute Gasteiger partial charge is 0.504 e. The highest BCUT2D eigenvalue weighted by molar-refractivity contribution is 5.97. The molecule has 0 saturated heterocycles. The van der Waals surface area contributed by atoms with Gasteiger partial charge in [0.15, 0.2) is 11.5 Å². The zero-order chi connectivity index (χ0) is 15.2. The number of rotatable bonds is 5. The van der Waals surface area contributed by atoms with Crippen molar-refractivity contribution in [2.75, 3.05) is 13.7 Å². The summed E-state index contributed by atoms with van der Waals surface area (Å²) < 4.78 is 4.97. The summed E-state index contributed by atoms with van der Waals surface area (Å²) in [4.78, 5) is 12.2. The van der Waals surface area contributed by atoms with Gasteiger partial charge in [0, 0.05) is 0 Å². The highest BCUT2D eigenvalue weighted by atomic mass is 16.5. The number of aliphatic hydroxyl groups excluding tert-OH is 1. The van der Waals surface area contributed by atoms with Crippen molar-refractivity contribution in [3.63, 3.8) is 0 Å². The van der Waals surface area contributed by atoms with Crippen LogP contribution in [0.1, 0.15) is 22.0 Å². The summed E-state index contributed by atoms with van der Waals surface area (Å²) in [7, 11) is 1.41. The average molecular weight is 287 g/mol. The second-order valence-corrected chi connectivity index (χ2v) is 4.48. The third kappa shape index (κ3) is 3.32. The number of nitrogens with one attached hydrogen (secondary N) is 1. The lowest BCUT2D eigenvalue weighted by Crippen LogP contribution is -2.30. The fourth-order valence-corrected chi connectivity index (χ4v) is 2.03. The Kier molecular flexibility index (Phi) is 4.79. The maximum Gasteiger partial charge on any atom is 0.255 e. The van der Waals surface area contributed by atoms with Crippen LogP contribution in [0.15, 0.2) is 48.5 Å². The van der Waals surface area contributed by atoms with E-state index in [0.717, 1.165) is 5.56 Å². The van der Waals surface area contributed by atoms with Gasteiger partial charge >= 0.3 is 0 Å². The van der Waals surface area contributed by atoms with Crippen molar-refractivity contribution in [2.24, 2.45) is 0 Å². The van der Waals surface area contributed by atoms with E-state index in [4.69, 9.17) is 4.74 Å². The molecule has 5 heteroatoms.